The molecule has 1 saturated heterocycles. The van der Waals surface area contributed by atoms with Gasteiger partial charge in [-0.15, -0.1) is 11.8 Å². The molecule has 4 aliphatic rings. The van der Waals surface area contributed by atoms with Crippen LogP contribution in [0.25, 0.3) is 0 Å². The second-order valence-corrected chi connectivity index (χ2v) is 12.8. The third-order valence-corrected chi connectivity index (χ3v) is 11.4. The van der Waals surface area contributed by atoms with Crippen LogP contribution < -0.4 is 14.5 Å². The first-order valence-electron chi connectivity index (χ1n) is 11.6. The molecule has 2 bridgehead atoms. The van der Waals surface area contributed by atoms with Crippen LogP contribution in [0.4, 0.5) is 5.69 Å². The summed E-state index contributed by atoms with van der Waals surface area (Å²) >= 11 is 6.39. The van der Waals surface area contributed by atoms with Gasteiger partial charge >= 0.3 is 4.87 Å². The number of halogens is 1. The van der Waals surface area contributed by atoms with E-state index in [4.69, 9.17) is 4.74 Å². The lowest BCUT2D eigenvalue weighted by Gasteiger charge is -2.43. The number of para-hydroxylation sites is 1. The summed E-state index contributed by atoms with van der Waals surface area (Å²) in [5.41, 5.74) is 1.68. The number of aromatic nitrogens is 1. The van der Waals surface area contributed by atoms with E-state index in [2.05, 4.69) is 27.0 Å². The molecule has 2 saturated carbocycles. The van der Waals surface area contributed by atoms with Crippen molar-refractivity contribution in [3.8, 4) is 5.75 Å². The van der Waals surface area contributed by atoms with Crippen LogP contribution in [0.1, 0.15) is 22.8 Å². The van der Waals surface area contributed by atoms with E-state index in [0.717, 1.165) is 32.1 Å². The number of H-pyrrole nitrogens is 1. The van der Waals surface area contributed by atoms with E-state index >= 15 is 0 Å². The fourth-order valence-corrected chi connectivity index (χ4v) is 10.3. The maximum Gasteiger partial charge on any atom is 0.305 e. The zero-order valence-corrected chi connectivity index (χ0v) is 21.9. The Bertz CT molecular complexity index is 1430. The molecular weight excluding hydrogens is 548 g/mol. The number of hydrogen-bond acceptors (Lipinski definition) is 6. The Morgan fingerprint density at radius 3 is 2.46 bits per heavy atom. The SMILES string of the molecule is COc1ccccc1[C@@H]1c2sc(=O)[nH]c2S[C@@H]2[C@@H]3C[C@@H]([C@@H]4C(=O)N(c5ccc(Br)cc5)C(=O)[C@@H]34)[C@@H]12. The van der Waals surface area contributed by atoms with Crippen LogP contribution in [-0.4, -0.2) is 29.2 Å². The maximum absolute atomic E-state index is 13.8. The lowest BCUT2D eigenvalue weighted by Crippen LogP contribution is -2.42. The number of methoxy groups -OCH3 is 1. The summed E-state index contributed by atoms with van der Waals surface area (Å²) in [7, 11) is 1.67. The van der Waals surface area contributed by atoms with Crippen molar-refractivity contribution in [3.05, 3.63) is 73.1 Å². The smallest absolute Gasteiger partial charge is 0.305 e. The molecule has 2 amide bonds. The first-order valence-corrected chi connectivity index (χ1v) is 14.1. The first kappa shape index (κ1) is 21.9. The minimum atomic E-state index is -0.313. The molecule has 3 heterocycles. The summed E-state index contributed by atoms with van der Waals surface area (Å²) in [5, 5.41) is 1.07. The van der Waals surface area contributed by atoms with Crippen molar-refractivity contribution in [3.63, 3.8) is 0 Å². The molecule has 1 N–H and O–H groups in total. The maximum atomic E-state index is 13.8. The second kappa shape index (κ2) is 7.82. The Morgan fingerprint density at radius 2 is 1.71 bits per heavy atom. The van der Waals surface area contributed by atoms with E-state index in [1.165, 1.54) is 16.2 Å². The van der Waals surface area contributed by atoms with Gasteiger partial charge in [0, 0.05) is 26.1 Å². The third-order valence-electron chi connectivity index (χ3n) is 8.28. The molecule has 178 valence electrons. The number of thiazole rings is 1. The van der Waals surface area contributed by atoms with Gasteiger partial charge in [-0.25, -0.2) is 0 Å². The molecule has 3 fully saturated rings. The average molecular weight is 570 g/mol. The van der Waals surface area contributed by atoms with Gasteiger partial charge in [-0.2, -0.15) is 0 Å². The topological polar surface area (TPSA) is 79.5 Å². The Labute approximate surface area is 218 Å². The summed E-state index contributed by atoms with van der Waals surface area (Å²) in [6.45, 7) is 0. The van der Waals surface area contributed by atoms with Crippen molar-refractivity contribution in [1.29, 1.82) is 0 Å². The number of thioether (sulfide) groups is 1. The Morgan fingerprint density at radius 1 is 1.00 bits per heavy atom. The standard InChI is InChI=1S/C26H21BrN2O4S2/c1-33-16-5-3-2-4-13(16)17-18-14-10-15(21(18)34-23-22(17)35-26(32)28-23)20-19(14)24(30)29(25(20)31)12-8-6-11(27)7-9-12/h2-9,14-15,17-21H,10H2,1H3,(H,28,32)/t14-,15-,17+,18+,19+,20+,21-/m1/s1. The number of anilines is 1. The zero-order chi connectivity index (χ0) is 24.0. The number of rotatable bonds is 3. The van der Waals surface area contributed by atoms with Crippen molar-refractivity contribution < 1.29 is 14.3 Å². The summed E-state index contributed by atoms with van der Waals surface area (Å²) in [4.78, 5) is 45.3. The molecule has 6 nitrogen and oxygen atoms in total. The predicted octanol–water partition coefficient (Wildman–Crippen LogP) is 4.89. The normalized spacial score (nSPS) is 32.5. The second-order valence-electron chi connectivity index (χ2n) is 9.69. The highest BCUT2D eigenvalue weighted by atomic mass is 79.9. The van der Waals surface area contributed by atoms with Crippen molar-refractivity contribution in [2.45, 2.75) is 22.6 Å². The Balaban J connectivity index is 1.34. The van der Waals surface area contributed by atoms with Gasteiger partial charge in [0.25, 0.3) is 0 Å². The number of ether oxygens (including phenoxy) is 1. The van der Waals surface area contributed by atoms with Crippen molar-refractivity contribution in [2.24, 2.45) is 29.6 Å². The molecule has 2 aromatic carbocycles. The molecule has 0 unspecified atom stereocenters. The number of nitrogens with one attached hydrogen (secondary N) is 1. The van der Waals surface area contributed by atoms with Crippen molar-refractivity contribution >= 4 is 56.5 Å². The van der Waals surface area contributed by atoms with Gasteiger partial charge in [-0.05, 0) is 54.5 Å². The van der Waals surface area contributed by atoms with E-state index in [1.54, 1.807) is 18.9 Å². The number of imide groups is 1. The molecule has 7 atom stereocenters. The lowest BCUT2D eigenvalue weighted by molar-refractivity contribution is -0.123. The molecule has 9 heteroatoms. The summed E-state index contributed by atoms with van der Waals surface area (Å²) in [5.74, 6) is 0.324. The molecule has 0 spiro atoms. The number of benzene rings is 2. The number of carbonyl (C=O) groups excluding carboxylic acids is 2. The van der Waals surface area contributed by atoms with E-state index in [9.17, 15) is 14.4 Å². The number of amides is 2. The molecule has 35 heavy (non-hydrogen) atoms. The molecule has 1 aromatic heterocycles. The van der Waals surface area contributed by atoms with Crippen LogP contribution in [0.2, 0.25) is 0 Å². The molecule has 7 rings (SSSR count). The fourth-order valence-electron chi connectivity index (χ4n) is 7.13. The van der Waals surface area contributed by atoms with Crippen LogP contribution in [0.5, 0.6) is 5.75 Å². The van der Waals surface area contributed by atoms with Crippen LogP contribution in [0.15, 0.2) is 62.8 Å². The predicted molar refractivity (Wildman–Crippen MR) is 138 cm³/mol. The lowest BCUT2D eigenvalue weighted by atomic mass is 9.68. The number of hydrogen-bond donors (Lipinski definition) is 1. The minimum Gasteiger partial charge on any atom is -0.496 e. The monoisotopic (exact) mass is 568 g/mol. The largest absolute Gasteiger partial charge is 0.496 e. The summed E-state index contributed by atoms with van der Waals surface area (Å²) in [6, 6.07) is 15.3. The van der Waals surface area contributed by atoms with Crippen molar-refractivity contribution in [1.82, 2.24) is 4.98 Å². The van der Waals surface area contributed by atoms with Gasteiger partial charge in [0.05, 0.1) is 29.7 Å². The number of nitrogens with zero attached hydrogens (tertiary/aromatic N) is 1. The molecule has 2 aliphatic carbocycles. The third kappa shape index (κ3) is 2.98. The van der Waals surface area contributed by atoms with Crippen LogP contribution in [0.3, 0.4) is 0 Å². The van der Waals surface area contributed by atoms with Crippen LogP contribution in [0, 0.1) is 29.6 Å². The van der Waals surface area contributed by atoms with Gasteiger partial charge in [0.15, 0.2) is 0 Å². The highest BCUT2D eigenvalue weighted by molar-refractivity contribution is 9.10. The van der Waals surface area contributed by atoms with Crippen LogP contribution >= 0.6 is 39.0 Å². The van der Waals surface area contributed by atoms with Gasteiger partial charge in [-0.3, -0.25) is 19.3 Å². The van der Waals surface area contributed by atoms with Gasteiger partial charge in [0.2, 0.25) is 11.8 Å². The highest BCUT2D eigenvalue weighted by Crippen LogP contribution is 2.69. The number of fused-ring (bicyclic) bond motifs is 9. The average Bonchev–Trinajstić information content (AvgIpc) is 3.59. The van der Waals surface area contributed by atoms with Crippen molar-refractivity contribution in [2.75, 3.05) is 12.0 Å². The minimum absolute atomic E-state index is 0.0445. The Kier molecular flexibility index (Phi) is 4.89. The molecular formula is C26H21BrN2O4S2. The fraction of sp³-hybridized carbons (Fsp3) is 0.346. The van der Waals surface area contributed by atoms with E-state index < -0.39 is 0 Å². The quantitative estimate of drug-likeness (QED) is 0.455. The van der Waals surface area contributed by atoms with E-state index in [0.29, 0.717) is 5.69 Å². The molecule has 3 aromatic rings. The van der Waals surface area contributed by atoms with E-state index in [-0.39, 0.29) is 57.4 Å². The highest BCUT2D eigenvalue weighted by Gasteiger charge is 2.69. The van der Waals surface area contributed by atoms with Gasteiger partial charge < -0.3 is 9.72 Å². The van der Waals surface area contributed by atoms with Gasteiger partial charge in [0.1, 0.15) is 5.75 Å². The molecule has 2 aliphatic heterocycles. The summed E-state index contributed by atoms with van der Waals surface area (Å²) in [6.07, 6.45) is 0.869. The summed E-state index contributed by atoms with van der Waals surface area (Å²) < 4.78 is 6.64. The zero-order valence-electron chi connectivity index (χ0n) is 18.6. The molecule has 0 radical (unpaired) electrons. The van der Waals surface area contributed by atoms with E-state index in [1.807, 2.05) is 42.5 Å². The van der Waals surface area contributed by atoms with Gasteiger partial charge in [-0.1, -0.05) is 45.5 Å². The first-order chi connectivity index (χ1) is 17.0. The Hall–Kier alpha value is -2.36. The van der Waals surface area contributed by atoms with Crippen LogP contribution in [-0.2, 0) is 9.59 Å². The number of aromatic amines is 1. The number of carbonyl (C=O) groups is 2.